The minimum atomic E-state index is -1.83. The molecular weight excluding hydrogens is 298 g/mol. The van der Waals surface area contributed by atoms with Crippen LogP contribution in [0.4, 0.5) is 0 Å². The highest BCUT2D eigenvalue weighted by Crippen LogP contribution is 2.29. The molecule has 0 spiro atoms. The molecule has 8 heteroatoms. The normalized spacial score (nSPS) is 21.4. The Morgan fingerprint density at radius 1 is 1.57 bits per heavy atom. The fraction of sp³-hybridized carbons (Fsp3) is 0.615. The summed E-state index contributed by atoms with van der Waals surface area (Å²) in [6.45, 7) is 5.68. The van der Waals surface area contributed by atoms with E-state index in [0.717, 1.165) is 12.8 Å². The average Bonchev–Trinajstić information content (AvgIpc) is 2.38. The molecule has 1 rings (SSSR count). The number of esters is 1. The van der Waals surface area contributed by atoms with Crippen molar-refractivity contribution in [2.75, 3.05) is 13.2 Å². The number of hydrogen-bond donors (Lipinski definition) is 2. The SMILES string of the molecule is CCCCNC1=C(C(=O)OCC)C(C)([N+](=O)[O-])NC(Cl)=C1. The van der Waals surface area contributed by atoms with E-state index < -0.39 is 16.6 Å². The smallest absolute Gasteiger partial charge is 0.345 e. The van der Waals surface area contributed by atoms with E-state index in [2.05, 4.69) is 10.6 Å². The van der Waals surface area contributed by atoms with Gasteiger partial charge < -0.3 is 15.4 Å². The van der Waals surface area contributed by atoms with Gasteiger partial charge in [0.15, 0.2) is 5.57 Å². The molecule has 0 aromatic heterocycles. The van der Waals surface area contributed by atoms with Crippen LogP contribution < -0.4 is 10.6 Å². The molecule has 1 aliphatic heterocycles. The summed E-state index contributed by atoms with van der Waals surface area (Å²) in [4.78, 5) is 22.9. The third kappa shape index (κ3) is 3.87. The van der Waals surface area contributed by atoms with E-state index in [1.807, 2.05) is 6.92 Å². The molecule has 0 aliphatic carbocycles. The summed E-state index contributed by atoms with van der Waals surface area (Å²) < 4.78 is 4.95. The number of dihydropyridines is 1. The molecule has 118 valence electrons. The molecule has 0 amide bonds. The Bertz CT molecular complexity index is 490. The second-order valence-electron chi connectivity index (χ2n) is 4.74. The van der Waals surface area contributed by atoms with Gasteiger partial charge in [0, 0.05) is 13.5 Å². The Morgan fingerprint density at radius 2 is 2.24 bits per heavy atom. The van der Waals surface area contributed by atoms with Crippen molar-refractivity contribution in [3.8, 4) is 0 Å². The quantitative estimate of drug-likeness (QED) is 0.245. The lowest BCUT2D eigenvalue weighted by atomic mass is 9.96. The van der Waals surface area contributed by atoms with Crippen LogP contribution in [-0.2, 0) is 9.53 Å². The Labute approximate surface area is 128 Å². The molecule has 2 N–H and O–H groups in total. The number of nitrogens with one attached hydrogen (secondary N) is 2. The van der Waals surface area contributed by atoms with Gasteiger partial charge in [-0.2, -0.15) is 0 Å². The zero-order valence-corrected chi connectivity index (χ0v) is 13.1. The van der Waals surface area contributed by atoms with E-state index in [-0.39, 0.29) is 17.3 Å². The molecule has 0 saturated heterocycles. The molecule has 1 heterocycles. The third-order valence-corrected chi connectivity index (χ3v) is 3.28. The number of nitrogens with zero attached hydrogens (tertiary/aromatic N) is 1. The highest BCUT2D eigenvalue weighted by Gasteiger charge is 2.50. The molecule has 1 atom stereocenters. The minimum Gasteiger partial charge on any atom is -0.462 e. The zero-order chi connectivity index (χ0) is 16.0. The van der Waals surface area contributed by atoms with Crippen molar-refractivity contribution in [1.82, 2.24) is 10.6 Å². The van der Waals surface area contributed by atoms with Crippen molar-refractivity contribution >= 4 is 17.6 Å². The van der Waals surface area contributed by atoms with E-state index in [1.165, 1.54) is 13.0 Å². The summed E-state index contributed by atoms with van der Waals surface area (Å²) in [6, 6.07) is 0. The molecular formula is C13H20ClN3O4. The first-order valence-corrected chi connectivity index (χ1v) is 7.20. The largest absolute Gasteiger partial charge is 0.462 e. The monoisotopic (exact) mass is 317 g/mol. The Hall–Kier alpha value is -1.76. The second kappa shape index (κ2) is 7.31. The maximum Gasteiger partial charge on any atom is 0.345 e. The number of nitro groups is 1. The van der Waals surface area contributed by atoms with Crippen LogP contribution in [0.5, 0.6) is 0 Å². The van der Waals surface area contributed by atoms with Crippen molar-refractivity contribution in [2.24, 2.45) is 0 Å². The molecule has 21 heavy (non-hydrogen) atoms. The fourth-order valence-electron chi connectivity index (χ4n) is 1.98. The van der Waals surface area contributed by atoms with Gasteiger partial charge >= 0.3 is 11.6 Å². The lowest BCUT2D eigenvalue weighted by molar-refractivity contribution is -0.559. The number of carbonyl (C=O) groups is 1. The number of carbonyl (C=O) groups excluding carboxylic acids is 1. The third-order valence-electron chi connectivity index (χ3n) is 3.08. The number of rotatable bonds is 7. The maximum absolute atomic E-state index is 12.1. The van der Waals surface area contributed by atoms with E-state index in [0.29, 0.717) is 12.2 Å². The fourth-order valence-corrected chi connectivity index (χ4v) is 2.27. The van der Waals surface area contributed by atoms with Crippen LogP contribution >= 0.6 is 11.6 Å². The first-order chi connectivity index (χ1) is 9.86. The van der Waals surface area contributed by atoms with E-state index in [4.69, 9.17) is 16.3 Å². The van der Waals surface area contributed by atoms with Crippen LogP contribution in [0.25, 0.3) is 0 Å². The predicted molar refractivity (Wildman–Crippen MR) is 79.0 cm³/mol. The molecule has 0 bridgehead atoms. The van der Waals surface area contributed by atoms with Crippen molar-refractivity contribution in [3.63, 3.8) is 0 Å². The summed E-state index contributed by atoms with van der Waals surface area (Å²) in [5.41, 5.74) is -1.58. The van der Waals surface area contributed by atoms with E-state index in [9.17, 15) is 14.9 Å². The average molecular weight is 318 g/mol. The number of halogens is 1. The molecule has 0 radical (unpaired) electrons. The number of unbranched alkanes of at least 4 members (excludes halogenated alkanes) is 1. The van der Waals surface area contributed by atoms with Gasteiger partial charge in [-0.05, 0) is 19.4 Å². The lowest BCUT2D eigenvalue weighted by Crippen LogP contribution is -2.54. The first-order valence-electron chi connectivity index (χ1n) is 6.82. The van der Waals surface area contributed by atoms with Crippen molar-refractivity contribution < 1.29 is 14.5 Å². The van der Waals surface area contributed by atoms with Crippen LogP contribution in [0.3, 0.4) is 0 Å². The van der Waals surface area contributed by atoms with Gasteiger partial charge in [-0.1, -0.05) is 24.9 Å². The van der Waals surface area contributed by atoms with Gasteiger partial charge in [0.2, 0.25) is 0 Å². The van der Waals surface area contributed by atoms with E-state index in [1.54, 1.807) is 6.92 Å². The highest BCUT2D eigenvalue weighted by atomic mass is 35.5. The Morgan fingerprint density at radius 3 is 2.76 bits per heavy atom. The van der Waals surface area contributed by atoms with Crippen LogP contribution in [0.2, 0.25) is 0 Å². The molecule has 1 aliphatic rings. The maximum atomic E-state index is 12.1. The standard InChI is InChI=1S/C13H20ClN3O4/c1-4-6-7-15-9-8-10(14)16-13(3,17(19)20)11(9)12(18)21-5-2/h8,15-16H,4-7H2,1-3H3. The van der Waals surface area contributed by atoms with Gasteiger partial charge in [-0.25, -0.2) is 4.79 Å². The highest BCUT2D eigenvalue weighted by molar-refractivity contribution is 6.29. The molecule has 0 fully saturated rings. The first kappa shape index (κ1) is 17.3. The van der Waals surface area contributed by atoms with Gasteiger partial charge in [0.05, 0.1) is 17.2 Å². The predicted octanol–water partition coefficient (Wildman–Crippen LogP) is 1.87. The Kier molecular flexibility index (Phi) is 6.02. The van der Waals surface area contributed by atoms with Crippen LogP contribution in [0.15, 0.2) is 22.5 Å². The number of allylic oxidation sites excluding steroid dienone is 1. The number of ether oxygens (including phenoxy) is 1. The molecule has 7 nitrogen and oxygen atoms in total. The summed E-state index contributed by atoms with van der Waals surface area (Å²) in [6.07, 6.45) is 3.29. The van der Waals surface area contributed by atoms with Crippen LogP contribution in [0, 0.1) is 10.1 Å². The van der Waals surface area contributed by atoms with Gasteiger partial charge in [-0.15, -0.1) is 0 Å². The second-order valence-corrected chi connectivity index (χ2v) is 5.14. The zero-order valence-electron chi connectivity index (χ0n) is 12.4. The summed E-state index contributed by atoms with van der Waals surface area (Å²) in [5, 5.41) is 17.1. The summed E-state index contributed by atoms with van der Waals surface area (Å²) in [7, 11) is 0. The van der Waals surface area contributed by atoms with Gasteiger partial charge in [0.25, 0.3) is 0 Å². The molecule has 1 unspecified atom stereocenters. The Balaban J connectivity index is 3.26. The van der Waals surface area contributed by atoms with Gasteiger partial charge in [0.1, 0.15) is 5.16 Å². The molecule has 0 aromatic carbocycles. The van der Waals surface area contributed by atoms with Crippen molar-refractivity contribution in [3.05, 3.63) is 32.6 Å². The molecule has 0 saturated carbocycles. The number of hydrogen-bond acceptors (Lipinski definition) is 6. The van der Waals surface area contributed by atoms with Crippen LogP contribution in [0.1, 0.15) is 33.6 Å². The minimum absolute atomic E-state index is 0.0742. The van der Waals surface area contributed by atoms with Crippen molar-refractivity contribution in [1.29, 1.82) is 0 Å². The lowest BCUT2D eigenvalue weighted by Gasteiger charge is -2.29. The summed E-state index contributed by atoms with van der Waals surface area (Å²) >= 11 is 5.92. The molecule has 0 aromatic rings. The topological polar surface area (TPSA) is 93.5 Å². The van der Waals surface area contributed by atoms with Crippen LogP contribution in [-0.4, -0.2) is 29.7 Å². The van der Waals surface area contributed by atoms with Crippen molar-refractivity contribution in [2.45, 2.75) is 39.3 Å². The van der Waals surface area contributed by atoms with Gasteiger partial charge in [-0.3, -0.25) is 10.1 Å². The van der Waals surface area contributed by atoms with E-state index >= 15 is 0 Å². The summed E-state index contributed by atoms with van der Waals surface area (Å²) in [5.74, 6) is -0.733.